The summed E-state index contributed by atoms with van der Waals surface area (Å²) >= 11 is 0. The number of aryl methyl sites for hydroxylation is 2. The summed E-state index contributed by atoms with van der Waals surface area (Å²) in [6.45, 7) is 4.20. The average Bonchev–Trinajstić information content (AvgIpc) is 3.39. The summed E-state index contributed by atoms with van der Waals surface area (Å²) in [5.74, 6) is -0.260. The highest BCUT2D eigenvalue weighted by molar-refractivity contribution is 5.94. The van der Waals surface area contributed by atoms with Gasteiger partial charge in [0.15, 0.2) is 5.65 Å². The molecule has 1 aliphatic rings. The molecule has 0 aliphatic heterocycles. The maximum atomic E-state index is 13.6. The van der Waals surface area contributed by atoms with Gasteiger partial charge in [-0.25, -0.2) is 9.37 Å². The first kappa shape index (κ1) is 21.1. The highest BCUT2D eigenvalue weighted by Crippen LogP contribution is 2.36. The van der Waals surface area contributed by atoms with Gasteiger partial charge in [0.25, 0.3) is 0 Å². The van der Waals surface area contributed by atoms with Crippen LogP contribution in [0.4, 0.5) is 4.39 Å². The van der Waals surface area contributed by atoms with E-state index in [2.05, 4.69) is 64.3 Å². The van der Waals surface area contributed by atoms with Crippen molar-refractivity contribution >= 4 is 16.6 Å². The molecule has 0 saturated carbocycles. The van der Waals surface area contributed by atoms with Crippen molar-refractivity contribution in [2.75, 3.05) is 0 Å². The third-order valence-electron chi connectivity index (χ3n) is 6.42. The van der Waals surface area contributed by atoms with Gasteiger partial charge in [-0.3, -0.25) is 5.10 Å². The number of hydrogen-bond acceptors (Lipinski definition) is 3. The third kappa shape index (κ3) is 3.83. The smallest absolute Gasteiger partial charge is 0.181 e. The monoisotopic (exact) mass is 461 g/mol. The van der Waals surface area contributed by atoms with Crippen LogP contribution in [0.2, 0.25) is 0 Å². The number of rotatable bonds is 3. The van der Waals surface area contributed by atoms with Crippen LogP contribution in [-0.4, -0.2) is 20.2 Å². The highest BCUT2D eigenvalue weighted by atomic mass is 19.1. The van der Waals surface area contributed by atoms with Crippen LogP contribution >= 0.6 is 0 Å². The Balaban J connectivity index is 1.47. The number of fused-ring (bicyclic) bond motifs is 2. The number of halogens is 1. The lowest BCUT2D eigenvalue weighted by molar-refractivity contribution is 0.627. The van der Waals surface area contributed by atoms with E-state index in [-0.39, 0.29) is 5.82 Å². The van der Waals surface area contributed by atoms with Gasteiger partial charge in [0.05, 0.1) is 11.4 Å². The predicted octanol–water partition coefficient (Wildman–Crippen LogP) is 6.21. The van der Waals surface area contributed by atoms with Gasteiger partial charge in [-0.1, -0.05) is 47.5 Å². The van der Waals surface area contributed by atoms with Crippen LogP contribution in [0.1, 0.15) is 27.9 Å². The molecule has 1 aliphatic carbocycles. The number of benzene rings is 2. The molecular weight excluding hydrogens is 437 g/mol. The van der Waals surface area contributed by atoms with Crippen molar-refractivity contribution in [3.05, 3.63) is 112 Å². The fraction of sp³-hybridized carbons (Fsp3) is 0.103. The first-order valence-electron chi connectivity index (χ1n) is 11.5. The lowest BCUT2D eigenvalue weighted by atomic mass is 9.97. The molecule has 0 saturated heterocycles. The molecule has 172 valence electrons. The number of nitrogens with zero attached hydrogens (tertiary/aromatic N) is 2. The van der Waals surface area contributed by atoms with Crippen molar-refractivity contribution in [1.82, 2.24) is 20.2 Å². The number of nitrogens with one attached hydrogen (secondary N) is 2. The summed E-state index contributed by atoms with van der Waals surface area (Å²) in [6, 6.07) is 17.3. The Bertz CT molecular complexity index is 1630. The van der Waals surface area contributed by atoms with Crippen molar-refractivity contribution in [3.63, 3.8) is 0 Å². The van der Waals surface area contributed by atoms with E-state index in [0.717, 1.165) is 56.0 Å². The van der Waals surface area contributed by atoms with Crippen LogP contribution < -0.4 is 5.73 Å². The molecule has 6 rings (SSSR count). The Labute approximate surface area is 202 Å². The predicted molar refractivity (Wildman–Crippen MR) is 138 cm³/mol. The van der Waals surface area contributed by atoms with Crippen LogP contribution in [0.15, 0.2) is 78.6 Å². The molecule has 0 fully saturated rings. The van der Waals surface area contributed by atoms with Gasteiger partial charge in [0, 0.05) is 40.5 Å². The van der Waals surface area contributed by atoms with E-state index in [0.29, 0.717) is 12.1 Å². The number of pyridine rings is 1. The standard InChI is InChI=1S/C29H24FN5/c1-16-9-17(2)11-19(10-16)20-12-25-28(34-35-29(25)32-15-20)27-14-24-23(18-3-5-21(30)6-4-18)8-7-22(31)13-26(24)33-27/h3-12,14-15,33H,13,31H2,1-2H3,(H,32,34,35). The van der Waals surface area contributed by atoms with Crippen LogP contribution in [0.3, 0.4) is 0 Å². The van der Waals surface area contributed by atoms with Crippen LogP contribution in [0.25, 0.3) is 39.1 Å². The number of nitrogens with two attached hydrogens (primary N) is 1. The second-order valence-corrected chi connectivity index (χ2v) is 9.15. The zero-order valence-corrected chi connectivity index (χ0v) is 19.5. The normalized spacial score (nSPS) is 13.3. The Morgan fingerprint density at radius 2 is 1.66 bits per heavy atom. The van der Waals surface area contributed by atoms with Crippen LogP contribution in [-0.2, 0) is 6.42 Å². The molecule has 0 radical (unpaired) electrons. The molecule has 3 aromatic heterocycles. The summed E-state index contributed by atoms with van der Waals surface area (Å²) in [7, 11) is 0. The number of aromatic nitrogens is 4. The molecular formula is C29H24FN5. The van der Waals surface area contributed by atoms with Crippen molar-refractivity contribution < 1.29 is 4.39 Å². The van der Waals surface area contributed by atoms with Crippen molar-refractivity contribution in [2.45, 2.75) is 20.3 Å². The van der Waals surface area contributed by atoms with E-state index in [1.807, 2.05) is 18.3 Å². The van der Waals surface area contributed by atoms with E-state index >= 15 is 0 Å². The van der Waals surface area contributed by atoms with Crippen molar-refractivity contribution in [1.29, 1.82) is 0 Å². The minimum absolute atomic E-state index is 0.260. The van der Waals surface area contributed by atoms with Gasteiger partial charge >= 0.3 is 0 Å². The van der Waals surface area contributed by atoms with E-state index in [4.69, 9.17) is 5.73 Å². The first-order valence-corrected chi connectivity index (χ1v) is 11.5. The molecule has 0 amide bonds. The third-order valence-corrected chi connectivity index (χ3v) is 6.42. The number of aromatic amines is 2. The summed E-state index contributed by atoms with van der Waals surface area (Å²) in [5, 5.41) is 8.55. The van der Waals surface area contributed by atoms with Gasteiger partial charge in [-0.2, -0.15) is 5.10 Å². The molecule has 2 aromatic carbocycles. The van der Waals surface area contributed by atoms with E-state index in [1.165, 1.54) is 23.3 Å². The van der Waals surface area contributed by atoms with Gasteiger partial charge in [0.1, 0.15) is 5.82 Å². The van der Waals surface area contributed by atoms with E-state index < -0.39 is 0 Å². The summed E-state index contributed by atoms with van der Waals surface area (Å²) < 4.78 is 13.6. The Morgan fingerprint density at radius 1 is 0.886 bits per heavy atom. The Morgan fingerprint density at radius 3 is 2.43 bits per heavy atom. The molecule has 0 unspecified atom stereocenters. The van der Waals surface area contributed by atoms with Gasteiger partial charge in [-0.15, -0.1) is 0 Å². The molecule has 6 heteroatoms. The average molecular weight is 462 g/mol. The molecule has 0 spiro atoms. The topological polar surface area (TPSA) is 83.4 Å². The molecule has 35 heavy (non-hydrogen) atoms. The maximum Gasteiger partial charge on any atom is 0.181 e. The SMILES string of the molecule is Cc1cc(C)cc(-c2cnc3n[nH]c(-c4cc5c([nH]4)CC(N)=CC=C5c4ccc(F)cc4)c3c2)c1. The zero-order valence-electron chi connectivity index (χ0n) is 19.5. The molecule has 5 nitrogen and oxygen atoms in total. The lowest BCUT2D eigenvalue weighted by Crippen LogP contribution is -2.01. The minimum Gasteiger partial charge on any atom is -0.402 e. The van der Waals surface area contributed by atoms with Gasteiger partial charge in [-0.05, 0) is 60.9 Å². The molecule has 4 N–H and O–H groups in total. The fourth-order valence-electron chi connectivity index (χ4n) is 4.84. The quantitative estimate of drug-likeness (QED) is 0.299. The highest BCUT2D eigenvalue weighted by Gasteiger charge is 2.20. The largest absolute Gasteiger partial charge is 0.402 e. The van der Waals surface area contributed by atoms with Crippen molar-refractivity contribution in [3.8, 4) is 22.5 Å². The lowest BCUT2D eigenvalue weighted by Gasteiger charge is -2.07. The van der Waals surface area contributed by atoms with Gasteiger partial charge in [0.2, 0.25) is 0 Å². The van der Waals surface area contributed by atoms with E-state index in [9.17, 15) is 4.39 Å². The van der Waals surface area contributed by atoms with Crippen LogP contribution in [0, 0.1) is 19.7 Å². The Hall–Kier alpha value is -4.45. The second kappa shape index (κ2) is 8.09. The Kier molecular flexibility index (Phi) is 4.88. The summed E-state index contributed by atoms with van der Waals surface area (Å²) in [5.41, 5.74) is 18.0. The van der Waals surface area contributed by atoms with Crippen LogP contribution in [0.5, 0.6) is 0 Å². The summed E-state index contributed by atoms with van der Waals surface area (Å²) in [4.78, 5) is 8.16. The fourth-order valence-corrected chi connectivity index (χ4v) is 4.84. The van der Waals surface area contributed by atoms with Gasteiger partial charge < -0.3 is 10.7 Å². The molecule has 0 bridgehead atoms. The number of hydrogen-bond donors (Lipinski definition) is 3. The minimum atomic E-state index is -0.260. The summed E-state index contributed by atoms with van der Waals surface area (Å²) in [6.07, 6.45) is 6.37. The zero-order chi connectivity index (χ0) is 24.1. The first-order chi connectivity index (χ1) is 16.9. The van der Waals surface area contributed by atoms with E-state index in [1.54, 1.807) is 12.1 Å². The van der Waals surface area contributed by atoms with Crippen molar-refractivity contribution in [2.24, 2.45) is 5.73 Å². The number of H-pyrrole nitrogens is 2. The molecule has 0 atom stereocenters. The molecule has 3 heterocycles. The number of allylic oxidation sites excluding steroid dienone is 3. The molecule has 5 aromatic rings. The maximum absolute atomic E-state index is 13.6. The second-order valence-electron chi connectivity index (χ2n) is 9.15.